The van der Waals surface area contributed by atoms with Gasteiger partial charge < -0.3 is 14.6 Å². The number of halogens is 1. The van der Waals surface area contributed by atoms with E-state index >= 15 is 0 Å². The number of hydrogen-bond acceptors (Lipinski definition) is 7. The molecule has 0 radical (unpaired) electrons. The van der Waals surface area contributed by atoms with Gasteiger partial charge in [0, 0.05) is 51.8 Å². The van der Waals surface area contributed by atoms with E-state index in [0.717, 1.165) is 24.4 Å². The number of fused-ring (bicyclic) bond motifs is 1. The molecule has 12 heteroatoms. The van der Waals surface area contributed by atoms with Crippen molar-refractivity contribution in [3.63, 3.8) is 0 Å². The van der Waals surface area contributed by atoms with Crippen LogP contribution in [0.4, 0.5) is 5.82 Å². The molecule has 0 spiro atoms. The highest BCUT2D eigenvalue weighted by molar-refractivity contribution is 7.88. The number of pyridine rings is 1. The lowest BCUT2D eigenvalue weighted by Gasteiger charge is -2.32. The van der Waals surface area contributed by atoms with E-state index in [1.54, 1.807) is 18.6 Å². The zero-order valence-corrected chi connectivity index (χ0v) is 23.2. The van der Waals surface area contributed by atoms with Crippen LogP contribution in [0.15, 0.2) is 30.7 Å². The third-order valence-electron chi connectivity index (χ3n) is 6.03. The summed E-state index contributed by atoms with van der Waals surface area (Å²) in [7, 11) is -4.39. The molecule has 0 saturated carbocycles. The van der Waals surface area contributed by atoms with Crippen LogP contribution in [0.3, 0.4) is 0 Å². The Bertz CT molecular complexity index is 1290. The topological polar surface area (TPSA) is 102 Å². The predicted octanol–water partition coefficient (Wildman–Crippen LogP) is 4.29. The van der Waals surface area contributed by atoms with Crippen LogP contribution < -0.4 is 5.32 Å². The molecule has 3 aromatic rings. The van der Waals surface area contributed by atoms with Gasteiger partial charge in [-0.25, -0.2) is 27.7 Å². The SMILES string of the molecule is C[Si](C)(C)CCOCn1cc(Cl)c2nc(-c3cccnc3NC3CCCN(S(C)(=O)=O)C3)cnc21. The number of anilines is 1. The highest BCUT2D eigenvalue weighted by atomic mass is 35.5. The van der Waals surface area contributed by atoms with Crippen molar-refractivity contribution in [2.75, 3.05) is 31.3 Å². The Balaban J connectivity index is 1.54. The molecule has 1 aliphatic rings. The average Bonchev–Trinajstić information content (AvgIpc) is 3.11. The van der Waals surface area contributed by atoms with E-state index in [2.05, 4.69) is 34.9 Å². The number of sulfonamides is 1. The second-order valence-corrected chi connectivity index (χ2v) is 18.2. The van der Waals surface area contributed by atoms with Crippen molar-refractivity contribution >= 4 is 46.7 Å². The van der Waals surface area contributed by atoms with E-state index < -0.39 is 18.1 Å². The van der Waals surface area contributed by atoms with E-state index in [1.165, 1.54) is 10.6 Å². The molecule has 9 nitrogen and oxygen atoms in total. The van der Waals surface area contributed by atoms with Crippen LogP contribution in [0.5, 0.6) is 0 Å². The molecule has 1 saturated heterocycles. The molecule has 1 aliphatic heterocycles. The van der Waals surface area contributed by atoms with Gasteiger partial charge in [0.2, 0.25) is 10.0 Å². The molecule has 3 aromatic heterocycles. The Kier molecular flexibility index (Phi) is 7.82. The summed E-state index contributed by atoms with van der Waals surface area (Å²) >= 11 is 6.51. The highest BCUT2D eigenvalue weighted by Gasteiger charge is 2.26. The second-order valence-electron chi connectivity index (χ2n) is 10.2. The zero-order chi connectivity index (χ0) is 25.2. The van der Waals surface area contributed by atoms with Gasteiger partial charge in [-0.15, -0.1) is 0 Å². The van der Waals surface area contributed by atoms with Crippen LogP contribution in [0, 0.1) is 0 Å². The molecule has 35 heavy (non-hydrogen) atoms. The van der Waals surface area contributed by atoms with Gasteiger partial charge in [-0.2, -0.15) is 0 Å². The summed E-state index contributed by atoms with van der Waals surface area (Å²) in [6.07, 6.45) is 8.12. The highest BCUT2D eigenvalue weighted by Crippen LogP contribution is 2.30. The number of rotatable bonds is 9. The fourth-order valence-corrected chi connectivity index (χ4v) is 5.98. The largest absolute Gasteiger partial charge is 0.365 e. The van der Waals surface area contributed by atoms with Crippen molar-refractivity contribution in [1.82, 2.24) is 23.8 Å². The minimum absolute atomic E-state index is 0.0400. The molecule has 190 valence electrons. The smallest absolute Gasteiger partial charge is 0.211 e. The third kappa shape index (κ3) is 6.59. The first-order chi connectivity index (χ1) is 16.5. The van der Waals surface area contributed by atoms with Crippen molar-refractivity contribution in [3.05, 3.63) is 35.7 Å². The van der Waals surface area contributed by atoms with E-state index in [9.17, 15) is 8.42 Å². The van der Waals surface area contributed by atoms with Crippen LogP contribution >= 0.6 is 11.6 Å². The molecule has 0 amide bonds. The Morgan fingerprint density at radius 3 is 2.83 bits per heavy atom. The number of nitrogens with zero attached hydrogens (tertiary/aromatic N) is 5. The fourth-order valence-electron chi connectivity index (χ4n) is 4.06. The molecule has 1 fully saturated rings. The summed E-state index contributed by atoms with van der Waals surface area (Å²) < 4.78 is 33.3. The van der Waals surface area contributed by atoms with Gasteiger partial charge in [-0.1, -0.05) is 31.2 Å². The van der Waals surface area contributed by atoms with Crippen molar-refractivity contribution in [2.24, 2.45) is 0 Å². The lowest BCUT2D eigenvalue weighted by molar-refractivity contribution is 0.0899. The van der Waals surface area contributed by atoms with Gasteiger partial charge in [0.1, 0.15) is 18.1 Å². The molecule has 1 atom stereocenters. The number of aromatic nitrogens is 4. The number of nitrogens with one attached hydrogen (secondary N) is 1. The van der Waals surface area contributed by atoms with Gasteiger partial charge in [0.05, 0.1) is 23.2 Å². The summed E-state index contributed by atoms with van der Waals surface area (Å²) in [5, 5.41) is 3.94. The molecule has 0 aliphatic carbocycles. The van der Waals surface area contributed by atoms with Crippen LogP contribution in [0.1, 0.15) is 12.8 Å². The Morgan fingerprint density at radius 2 is 2.09 bits per heavy atom. The average molecular weight is 537 g/mol. The van der Waals surface area contributed by atoms with Crippen molar-refractivity contribution in [3.8, 4) is 11.3 Å². The monoisotopic (exact) mass is 536 g/mol. The quantitative estimate of drug-likeness (QED) is 0.321. The fraction of sp³-hybridized carbons (Fsp3) is 0.522. The van der Waals surface area contributed by atoms with Crippen LogP contribution in [-0.4, -0.2) is 72.3 Å². The van der Waals surface area contributed by atoms with Gasteiger partial charge in [-0.05, 0) is 31.0 Å². The lowest BCUT2D eigenvalue weighted by Crippen LogP contribution is -2.44. The molecule has 0 bridgehead atoms. The lowest BCUT2D eigenvalue weighted by atomic mass is 10.1. The summed E-state index contributed by atoms with van der Waals surface area (Å²) in [6, 6.07) is 4.82. The number of piperidine rings is 1. The summed E-state index contributed by atoms with van der Waals surface area (Å²) in [4.78, 5) is 13.9. The first kappa shape index (κ1) is 26.0. The van der Waals surface area contributed by atoms with Crippen molar-refractivity contribution in [1.29, 1.82) is 0 Å². The third-order valence-corrected chi connectivity index (χ3v) is 9.28. The molecule has 1 N–H and O–H groups in total. The number of hydrogen-bond donors (Lipinski definition) is 1. The molecule has 0 aromatic carbocycles. The van der Waals surface area contributed by atoms with E-state index in [0.29, 0.717) is 54.1 Å². The second kappa shape index (κ2) is 10.5. The summed E-state index contributed by atoms with van der Waals surface area (Å²) in [6.45, 7) is 9.01. The Morgan fingerprint density at radius 1 is 1.29 bits per heavy atom. The van der Waals surface area contributed by atoms with Crippen molar-refractivity contribution < 1.29 is 13.2 Å². The van der Waals surface area contributed by atoms with Gasteiger partial charge in [-0.3, -0.25) is 0 Å². The molecule has 1 unspecified atom stereocenters. The van der Waals surface area contributed by atoms with E-state index in [4.69, 9.17) is 21.3 Å². The van der Waals surface area contributed by atoms with Crippen LogP contribution in [0.2, 0.25) is 30.7 Å². The Hall–Kier alpha value is -2.05. The first-order valence-corrected chi connectivity index (χ1v) is 17.7. The first-order valence-electron chi connectivity index (χ1n) is 11.8. The minimum Gasteiger partial charge on any atom is -0.365 e. The summed E-state index contributed by atoms with van der Waals surface area (Å²) in [5.74, 6) is 0.645. The van der Waals surface area contributed by atoms with E-state index in [-0.39, 0.29) is 6.04 Å². The molecule has 4 rings (SSSR count). The maximum atomic E-state index is 12.0. The maximum Gasteiger partial charge on any atom is 0.211 e. The van der Waals surface area contributed by atoms with Crippen LogP contribution in [-0.2, 0) is 21.5 Å². The van der Waals surface area contributed by atoms with E-state index in [1.807, 2.05) is 16.7 Å². The minimum atomic E-state index is -3.23. The zero-order valence-electron chi connectivity index (χ0n) is 20.7. The molecule has 4 heterocycles. The maximum absolute atomic E-state index is 12.0. The van der Waals surface area contributed by atoms with Gasteiger partial charge in [0.25, 0.3) is 0 Å². The normalized spacial score (nSPS) is 17.7. The van der Waals surface area contributed by atoms with Gasteiger partial charge >= 0.3 is 0 Å². The molecular weight excluding hydrogens is 504 g/mol. The Labute approximate surface area is 212 Å². The van der Waals surface area contributed by atoms with Crippen molar-refractivity contribution in [2.45, 2.75) is 51.3 Å². The van der Waals surface area contributed by atoms with Gasteiger partial charge in [0.15, 0.2) is 5.65 Å². The summed E-state index contributed by atoms with van der Waals surface area (Å²) in [5.41, 5.74) is 2.70. The molecular formula is C23H33ClN6O3SSi. The predicted molar refractivity (Wildman–Crippen MR) is 143 cm³/mol. The number of ether oxygens (including phenoxy) is 1. The van der Waals surface area contributed by atoms with Crippen LogP contribution in [0.25, 0.3) is 22.4 Å². The standard InChI is InChI=1S/C23H33ClN6O3SSi/c1-34(31,32)30-10-6-7-17(14-30)27-22-18(8-5-9-25-22)20-13-26-23-21(28-20)19(24)15-29(23)16-33-11-12-35(2,3)4/h5,8-9,13,15,17H,6-7,10-12,14,16H2,1-4H3,(H,25,27).